The fourth-order valence-corrected chi connectivity index (χ4v) is 2.13. The van der Waals surface area contributed by atoms with E-state index >= 15 is 0 Å². The third kappa shape index (κ3) is 4.45. The number of hydrazone groups is 1. The van der Waals surface area contributed by atoms with Gasteiger partial charge in [0.1, 0.15) is 0 Å². The molecule has 0 radical (unpaired) electrons. The fraction of sp³-hybridized carbons (Fsp3) is 0.222. The van der Waals surface area contributed by atoms with Gasteiger partial charge >= 0.3 is 0 Å². The van der Waals surface area contributed by atoms with Gasteiger partial charge in [-0.15, -0.1) is 0 Å². The number of benzene rings is 2. The van der Waals surface area contributed by atoms with Crippen molar-refractivity contribution in [3.05, 3.63) is 64.7 Å². The van der Waals surface area contributed by atoms with Gasteiger partial charge in [0.25, 0.3) is 5.91 Å². The number of amides is 1. The molecule has 0 fully saturated rings. The number of hydrogen-bond acceptors (Lipinski definition) is 3. The maximum atomic E-state index is 11.8. The zero-order chi connectivity index (χ0) is 15.9. The van der Waals surface area contributed by atoms with Gasteiger partial charge in [0, 0.05) is 5.69 Å². The summed E-state index contributed by atoms with van der Waals surface area (Å²) in [6.45, 7) is 6.26. The summed E-state index contributed by atoms with van der Waals surface area (Å²) < 4.78 is 0. The Labute approximate surface area is 131 Å². The van der Waals surface area contributed by atoms with Crippen LogP contribution in [0.2, 0.25) is 0 Å². The van der Waals surface area contributed by atoms with Crippen LogP contribution in [0, 0.1) is 20.8 Å². The number of rotatable bonds is 5. The van der Waals surface area contributed by atoms with Crippen molar-refractivity contribution in [2.24, 2.45) is 5.10 Å². The van der Waals surface area contributed by atoms with Crippen molar-refractivity contribution >= 4 is 17.8 Å². The fourth-order valence-electron chi connectivity index (χ4n) is 2.13. The lowest BCUT2D eigenvalue weighted by Gasteiger charge is -2.08. The third-order valence-corrected chi connectivity index (χ3v) is 3.40. The maximum absolute atomic E-state index is 11.8. The molecular formula is C18H21N3O. The first-order valence-corrected chi connectivity index (χ1v) is 7.25. The number of carbonyl (C=O) groups excluding carboxylic acids is 1. The Balaban J connectivity index is 1.85. The molecule has 0 atom stereocenters. The quantitative estimate of drug-likeness (QED) is 0.657. The number of aryl methyl sites for hydroxylation is 3. The Morgan fingerprint density at radius 2 is 1.86 bits per heavy atom. The Bertz CT molecular complexity index is 692. The van der Waals surface area contributed by atoms with Crippen molar-refractivity contribution in [3.63, 3.8) is 0 Å². The summed E-state index contributed by atoms with van der Waals surface area (Å²) in [6, 6.07) is 13.9. The van der Waals surface area contributed by atoms with Crippen LogP contribution >= 0.6 is 0 Å². The number of nitrogens with one attached hydrogen (secondary N) is 2. The second-order valence-corrected chi connectivity index (χ2v) is 5.32. The van der Waals surface area contributed by atoms with Gasteiger partial charge in [0.05, 0.1) is 12.8 Å². The molecule has 2 N–H and O–H groups in total. The van der Waals surface area contributed by atoms with E-state index in [2.05, 4.69) is 21.9 Å². The summed E-state index contributed by atoms with van der Waals surface area (Å²) in [6.07, 6.45) is 1.67. The Hall–Kier alpha value is -2.62. The lowest BCUT2D eigenvalue weighted by Crippen LogP contribution is -2.26. The molecule has 4 nitrogen and oxygen atoms in total. The number of hydrogen-bond donors (Lipinski definition) is 2. The van der Waals surface area contributed by atoms with Crippen LogP contribution in [0.3, 0.4) is 0 Å². The van der Waals surface area contributed by atoms with Gasteiger partial charge in [-0.1, -0.05) is 42.0 Å². The van der Waals surface area contributed by atoms with Crippen molar-refractivity contribution in [2.75, 3.05) is 11.9 Å². The minimum atomic E-state index is -0.177. The minimum Gasteiger partial charge on any atom is -0.376 e. The molecule has 0 saturated carbocycles. The van der Waals surface area contributed by atoms with Crippen molar-refractivity contribution in [3.8, 4) is 0 Å². The lowest BCUT2D eigenvalue weighted by atomic mass is 10.1. The first-order valence-electron chi connectivity index (χ1n) is 7.25. The van der Waals surface area contributed by atoms with E-state index in [4.69, 9.17) is 0 Å². The summed E-state index contributed by atoms with van der Waals surface area (Å²) in [4.78, 5) is 11.8. The average Bonchev–Trinajstić information content (AvgIpc) is 2.49. The predicted octanol–water partition coefficient (Wildman–Crippen LogP) is 3.17. The van der Waals surface area contributed by atoms with Gasteiger partial charge in [-0.2, -0.15) is 5.10 Å². The molecule has 0 spiro atoms. The van der Waals surface area contributed by atoms with Gasteiger partial charge in [-0.05, 0) is 43.5 Å². The Morgan fingerprint density at radius 3 is 2.59 bits per heavy atom. The summed E-state index contributed by atoms with van der Waals surface area (Å²) in [5.41, 5.74) is 7.93. The molecule has 0 aliphatic heterocycles. The van der Waals surface area contributed by atoms with Crippen LogP contribution in [0.25, 0.3) is 0 Å². The zero-order valence-corrected chi connectivity index (χ0v) is 13.2. The number of carbonyl (C=O) groups is 1. The van der Waals surface area contributed by atoms with Crippen molar-refractivity contribution in [2.45, 2.75) is 20.8 Å². The SMILES string of the molecule is Cc1ccc(/C=N/NC(=O)CNc2ccccc2C)c(C)c1. The Morgan fingerprint density at radius 1 is 1.09 bits per heavy atom. The molecule has 0 bridgehead atoms. The highest BCUT2D eigenvalue weighted by molar-refractivity contribution is 5.85. The third-order valence-electron chi connectivity index (χ3n) is 3.40. The molecule has 0 saturated heterocycles. The monoisotopic (exact) mass is 295 g/mol. The molecule has 22 heavy (non-hydrogen) atoms. The molecule has 0 heterocycles. The Kier molecular flexibility index (Phi) is 5.31. The van der Waals surface area contributed by atoms with E-state index in [0.29, 0.717) is 0 Å². The first-order chi connectivity index (χ1) is 10.6. The average molecular weight is 295 g/mol. The molecule has 114 valence electrons. The van der Waals surface area contributed by atoms with E-state index in [1.807, 2.05) is 57.2 Å². The highest BCUT2D eigenvalue weighted by atomic mass is 16.2. The molecule has 2 aromatic rings. The highest BCUT2D eigenvalue weighted by Gasteiger charge is 2.01. The van der Waals surface area contributed by atoms with Gasteiger partial charge in [-0.3, -0.25) is 4.79 Å². The summed E-state index contributed by atoms with van der Waals surface area (Å²) >= 11 is 0. The van der Waals surface area contributed by atoms with Crippen LogP contribution in [-0.2, 0) is 4.79 Å². The lowest BCUT2D eigenvalue weighted by molar-refractivity contribution is -0.119. The largest absolute Gasteiger partial charge is 0.376 e. The summed E-state index contributed by atoms with van der Waals surface area (Å²) in [5.74, 6) is -0.177. The summed E-state index contributed by atoms with van der Waals surface area (Å²) in [5, 5.41) is 7.10. The summed E-state index contributed by atoms with van der Waals surface area (Å²) in [7, 11) is 0. The van der Waals surface area contributed by atoms with Gasteiger partial charge in [0.15, 0.2) is 0 Å². The van der Waals surface area contributed by atoms with Gasteiger partial charge in [-0.25, -0.2) is 5.43 Å². The molecular weight excluding hydrogens is 274 g/mol. The van der Waals surface area contributed by atoms with Crippen molar-refractivity contribution in [1.82, 2.24) is 5.43 Å². The van der Waals surface area contributed by atoms with E-state index in [1.165, 1.54) is 5.56 Å². The molecule has 0 aliphatic rings. The molecule has 2 aromatic carbocycles. The van der Waals surface area contributed by atoms with E-state index < -0.39 is 0 Å². The molecule has 0 aliphatic carbocycles. The van der Waals surface area contributed by atoms with E-state index in [9.17, 15) is 4.79 Å². The maximum Gasteiger partial charge on any atom is 0.259 e. The molecule has 0 unspecified atom stereocenters. The topological polar surface area (TPSA) is 53.5 Å². The van der Waals surface area contributed by atoms with Crippen LogP contribution in [0.1, 0.15) is 22.3 Å². The minimum absolute atomic E-state index is 0.177. The number of para-hydroxylation sites is 1. The van der Waals surface area contributed by atoms with Crippen molar-refractivity contribution in [1.29, 1.82) is 0 Å². The number of nitrogens with zero attached hydrogens (tertiary/aromatic N) is 1. The first kappa shape index (κ1) is 15.8. The zero-order valence-electron chi connectivity index (χ0n) is 13.2. The highest BCUT2D eigenvalue weighted by Crippen LogP contribution is 2.12. The molecule has 1 amide bonds. The predicted molar refractivity (Wildman–Crippen MR) is 91.3 cm³/mol. The van der Waals surface area contributed by atoms with Gasteiger partial charge in [0.2, 0.25) is 0 Å². The van der Waals surface area contributed by atoms with E-state index in [-0.39, 0.29) is 12.5 Å². The standard InChI is InChI=1S/C18H21N3O/c1-13-8-9-16(15(3)10-13)11-20-21-18(22)12-19-17-7-5-4-6-14(17)2/h4-11,19H,12H2,1-3H3,(H,21,22)/b20-11+. The van der Waals surface area contributed by atoms with Crippen LogP contribution in [-0.4, -0.2) is 18.7 Å². The van der Waals surface area contributed by atoms with Crippen LogP contribution in [0.15, 0.2) is 47.6 Å². The second-order valence-electron chi connectivity index (χ2n) is 5.32. The normalized spacial score (nSPS) is 10.7. The smallest absolute Gasteiger partial charge is 0.259 e. The number of anilines is 1. The molecule has 0 aromatic heterocycles. The molecule has 2 rings (SSSR count). The van der Waals surface area contributed by atoms with E-state index in [1.54, 1.807) is 6.21 Å². The van der Waals surface area contributed by atoms with Gasteiger partial charge < -0.3 is 5.32 Å². The van der Waals surface area contributed by atoms with Crippen molar-refractivity contribution < 1.29 is 4.79 Å². The second kappa shape index (κ2) is 7.41. The van der Waals surface area contributed by atoms with Crippen LogP contribution in [0.4, 0.5) is 5.69 Å². The van der Waals surface area contributed by atoms with E-state index in [0.717, 1.165) is 22.4 Å². The molecule has 4 heteroatoms. The van der Waals surface area contributed by atoms with Crippen LogP contribution in [0.5, 0.6) is 0 Å². The van der Waals surface area contributed by atoms with Crippen LogP contribution < -0.4 is 10.7 Å².